The summed E-state index contributed by atoms with van der Waals surface area (Å²) in [5, 5.41) is 5.80. The molecule has 0 radical (unpaired) electrons. The zero-order chi connectivity index (χ0) is 15.6. The maximum Gasteiger partial charge on any atom is 0.104 e. The van der Waals surface area contributed by atoms with Crippen molar-refractivity contribution in [3.05, 3.63) is 42.0 Å². The zero-order valence-corrected chi connectivity index (χ0v) is 13.9. The van der Waals surface area contributed by atoms with Gasteiger partial charge in [-0.05, 0) is 45.5 Å². The average molecular weight is 301 g/mol. The molecule has 112 valence electrons. The van der Waals surface area contributed by atoms with Crippen molar-refractivity contribution in [3.63, 3.8) is 0 Å². The summed E-state index contributed by atoms with van der Waals surface area (Å²) in [6.07, 6.45) is 0. The summed E-state index contributed by atoms with van der Waals surface area (Å²) in [6, 6.07) is 12.3. The Labute approximate surface area is 132 Å². The molecule has 0 saturated carbocycles. The monoisotopic (exact) mass is 301 g/mol. The van der Waals surface area contributed by atoms with E-state index in [-0.39, 0.29) is 5.54 Å². The van der Waals surface area contributed by atoms with Gasteiger partial charge in [-0.1, -0.05) is 36.5 Å². The third kappa shape index (κ3) is 3.34. The van der Waals surface area contributed by atoms with Gasteiger partial charge in [-0.3, -0.25) is 0 Å². The fourth-order valence-electron chi connectivity index (χ4n) is 2.14. The highest BCUT2D eigenvalue weighted by Crippen LogP contribution is 2.27. The first kappa shape index (κ1) is 15.7. The van der Waals surface area contributed by atoms with Crippen LogP contribution in [0.15, 0.2) is 36.4 Å². The smallest absolute Gasteiger partial charge is 0.104 e. The number of thiocarbonyl (C=S) groups is 1. The number of nitrogens with two attached hydrogens (primary N) is 1. The lowest BCUT2D eigenvalue weighted by Gasteiger charge is -2.33. The minimum atomic E-state index is 0.0724. The molecule has 2 aromatic rings. The van der Waals surface area contributed by atoms with Gasteiger partial charge in [0.1, 0.15) is 4.99 Å². The SMILES string of the molecule is CN(C)C(C)(C)CNc1ccc(C(N)=S)c2ccccc12. The fraction of sp³-hybridized carbons (Fsp3) is 0.353. The Kier molecular flexibility index (Phi) is 4.49. The van der Waals surface area contributed by atoms with E-state index in [1.807, 2.05) is 18.2 Å². The molecule has 0 amide bonds. The summed E-state index contributed by atoms with van der Waals surface area (Å²) < 4.78 is 0. The minimum Gasteiger partial charge on any atom is -0.389 e. The van der Waals surface area contributed by atoms with Crippen molar-refractivity contribution >= 4 is 33.7 Å². The molecule has 0 aliphatic carbocycles. The number of nitrogens with zero attached hydrogens (tertiary/aromatic N) is 1. The lowest BCUT2D eigenvalue weighted by Crippen LogP contribution is -2.44. The van der Waals surface area contributed by atoms with E-state index in [1.54, 1.807) is 0 Å². The molecule has 0 saturated heterocycles. The third-order valence-corrected chi connectivity index (χ3v) is 4.33. The molecular formula is C17H23N3S. The van der Waals surface area contributed by atoms with Gasteiger partial charge in [-0.25, -0.2) is 0 Å². The van der Waals surface area contributed by atoms with Gasteiger partial charge in [0, 0.05) is 28.7 Å². The Morgan fingerprint density at radius 2 is 1.76 bits per heavy atom. The predicted molar refractivity (Wildman–Crippen MR) is 96.1 cm³/mol. The standard InChI is InChI=1S/C17H23N3S/c1-17(2,20(3)4)11-19-15-10-9-14(16(18)21)12-7-5-6-8-13(12)15/h5-10,19H,11H2,1-4H3,(H2,18,21). The second kappa shape index (κ2) is 6.00. The van der Waals surface area contributed by atoms with Crippen molar-refractivity contribution in [1.29, 1.82) is 0 Å². The van der Waals surface area contributed by atoms with Gasteiger partial charge in [0.15, 0.2) is 0 Å². The Morgan fingerprint density at radius 3 is 2.33 bits per heavy atom. The van der Waals surface area contributed by atoms with Crippen LogP contribution in [0.2, 0.25) is 0 Å². The number of nitrogens with one attached hydrogen (secondary N) is 1. The summed E-state index contributed by atoms with van der Waals surface area (Å²) in [6.45, 7) is 5.29. The normalized spacial score (nSPS) is 11.9. The Morgan fingerprint density at radius 1 is 1.14 bits per heavy atom. The zero-order valence-electron chi connectivity index (χ0n) is 13.1. The van der Waals surface area contributed by atoms with Crippen LogP contribution in [0.1, 0.15) is 19.4 Å². The van der Waals surface area contributed by atoms with E-state index in [1.165, 1.54) is 0 Å². The number of hydrogen-bond acceptors (Lipinski definition) is 3. The topological polar surface area (TPSA) is 41.3 Å². The maximum atomic E-state index is 5.82. The third-order valence-electron chi connectivity index (χ3n) is 4.11. The van der Waals surface area contributed by atoms with Crippen molar-refractivity contribution in [1.82, 2.24) is 4.90 Å². The number of benzene rings is 2. The molecule has 0 aliphatic heterocycles. The molecular weight excluding hydrogens is 278 g/mol. The van der Waals surface area contributed by atoms with Gasteiger partial charge in [0.2, 0.25) is 0 Å². The molecule has 0 heterocycles. The van der Waals surface area contributed by atoms with E-state index in [9.17, 15) is 0 Å². The summed E-state index contributed by atoms with van der Waals surface area (Å²) in [5.41, 5.74) is 7.93. The Balaban J connectivity index is 2.38. The van der Waals surface area contributed by atoms with E-state index in [4.69, 9.17) is 18.0 Å². The summed E-state index contributed by atoms with van der Waals surface area (Å²) >= 11 is 5.14. The molecule has 2 rings (SSSR count). The first-order valence-corrected chi connectivity index (χ1v) is 7.46. The molecule has 0 fully saturated rings. The molecule has 0 aromatic heterocycles. The van der Waals surface area contributed by atoms with Crippen LogP contribution >= 0.6 is 12.2 Å². The minimum absolute atomic E-state index is 0.0724. The average Bonchev–Trinajstić information content (AvgIpc) is 2.44. The summed E-state index contributed by atoms with van der Waals surface area (Å²) in [4.78, 5) is 2.65. The lowest BCUT2D eigenvalue weighted by atomic mass is 10.0. The highest BCUT2D eigenvalue weighted by molar-refractivity contribution is 7.80. The van der Waals surface area contributed by atoms with Crippen molar-refractivity contribution in [2.45, 2.75) is 19.4 Å². The van der Waals surface area contributed by atoms with Crippen LogP contribution in [0, 0.1) is 0 Å². The Hall–Kier alpha value is -1.65. The number of anilines is 1. The van der Waals surface area contributed by atoms with Gasteiger partial charge in [0.05, 0.1) is 0 Å². The van der Waals surface area contributed by atoms with E-state index < -0.39 is 0 Å². The number of fused-ring (bicyclic) bond motifs is 1. The van der Waals surface area contributed by atoms with Crippen LogP contribution in [0.4, 0.5) is 5.69 Å². The first-order chi connectivity index (χ1) is 9.83. The van der Waals surface area contributed by atoms with Crippen molar-refractivity contribution in [2.24, 2.45) is 5.73 Å². The molecule has 3 N–H and O–H groups in total. The van der Waals surface area contributed by atoms with Gasteiger partial charge in [-0.2, -0.15) is 0 Å². The molecule has 0 atom stereocenters. The lowest BCUT2D eigenvalue weighted by molar-refractivity contribution is 0.210. The van der Waals surface area contributed by atoms with Gasteiger partial charge < -0.3 is 16.0 Å². The largest absolute Gasteiger partial charge is 0.389 e. The molecule has 0 spiro atoms. The quantitative estimate of drug-likeness (QED) is 0.832. The molecule has 0 aliphatic rings. The predicted octanol–water partition coefficient (Wildman–Crippen LogP) is 3.23. The van der Waals surface area contributed by atoms with E-state index in [0.29, 0.717) is 4.99 Å². The van der Waals surface area contributed by atoms with Crippen LogP contribution in [-0.4, -0.2) is 36.1 Å². The van der Waals surface area contributed by atoms with Crippen LogP contribution < -0.4 is 11.1 Å². The van der Waals surface area contributed by atoms with E-state index in [0.717, 1.165) is 28.6 Å². The number of likely N-dealkylation sites (N-methyl/N-ethyl adjacent to an activating group) is 1. The molecule has 0 bridgehead atoms. The van der Waals surface area contributed by atoms with Crippen LogP contribution in [0.5, 0.6) is 0 Å². The molecule has 21 heavy (non-hydrogen) atoms. The van der Waals surface area contributed by atoms with Gasteiger partial charge in [0.25, 0.3) is 0 Å². The second-order valence-electron chi connectivity index (χ2n) is 6.13. The van der Waals surface area contributed by atoms with Crippen LogP contribution in [0.25, 0.3) is 10.8 Å². The number of hydrogen-bond donors (Lipinski definition) is 2. The van der Waals surface area contributed by atoms with Crippen molar-refractivity contribution in [3.8, 4) is 0 Å². The Bertz CT molecular complexity index is 662. The molecule has 4 heteroatoms. The van der Waals surface area contributed by atoms with E-state index >= 15 is 0 Å². The molecule has 2 aromatic carbocycles. The van der Waals surface area contributed by atoms with Crippen LogP contribution in [0.3, 0.4) is 0 Å². The number of rotatable bonds is 5. The second-order valence-corrected chi connectivity index (χ2v) is 6.57. The first-order valence-electron chi connectivity index (χ1n) is 7.06. The fourth-order valence-corrected chi connectivity index (χ4v) is 2.32. The van der Waals surface area contributed by atoms with Gasteiger partial charge in [-0.15, -0.1) is 0 Å². The summed E-state index contributed by atoms with van der Waals surface area (Å²) in [5.74, 6) is 0. The maximum absolute atomic E-state index is 5.82. The van der Waals surface area contributed by atoms with Crippen molar-refractivity contribution < 1.29 is 0 Å². The highest BCUT2D eigenvalue weighted by atomic mass is 32.1. The highest BCUT2D eigenvalue weighted by Gasteiger charge is 2.20. The van der Waals surface area contributed by atoms with E-state index in [2.05, 4.69) is 56.4 Å². The molecule has 0 unspecified atom stereocenters. The molecule has 3 nitrogen and oxygen atoms in total. The van der Waals surface area contributed by atoms with Gasteiger partial charge >= 0.3 is 0 Å². The van der Waals surface area contributed by atoms with Crippen LogP contribution in [-0.2, 0) is 0 Å². The van der Waals surface area contributed by atoms with Crippen molar-refractivity contribution in [2.75, 3.05) is 26.0 Å². The summed E-state index contributed by atoms with van der Waals surface area (Å²) in [7, 11) is 4.19.